The Labute approximate surface area is 71.0 Å². The van der Waals surface area contributed by atoms with Crippen molar-refractivity contribution in [3.05, 3.63) is 18.5 Å². The average molecular weight is 194 g/mol. The van der Waals surface area contributed by atoms with Crippen molar-refractivity contribution in [3.8, 4) is 0 Å². The molecule has 0 saturated heterocycles. The Kier molecular flexibility index (Phi) is 2.46. The zero-order valence-electron chi connectivity index (χ0n) is 5.80. The molecule has 0 saturated carbocycles. The van der Waals surface area contributed by atoms with Gasteiger partial charge in [-0.05, 0) is 17.8 Å². The molecule has 0 fully saturated rings. The summed E-state index contributed by atoms with van der Waals surface area (Å²) in [6.07, 6.45) is 2.41. The summed E-state index contributed by atoms with van der Waals surface area (Å²) < 4.78 is 35.3. The number of nitrogen functional groups attached to an aromatic ring is 1. The van der Waals surface area contributed by atoms with Crippen LogP contribution in [0.2, 0.25) is 0 Å². The molecule has 12 heavy (non-hydrogen) atoms. The maximum Gasteiger partial charge on any atom is 0.446 e. The number of aromatic nitrogens is 1. The van der Waals surface area contributed by atoms with Crippen molar-refractivity contribution in [1.29, 1.82) is 0 Å². The van der Waals surface area contributed by atoms with E-state index in [9.17, 15) is 13.2 Å². The molecule has 0 bridgehead atoms. The minimum Gasteiger partial charge on any atom is -0.397 e. The molecule has 0 unspecified atom stereocenters. The third-order valence-electron chi connectivity index (χ3n) is 0.968. The van der Waals surface area contributed by atoms with Crippen molar-refractivity contribution in [3.63, 3.8) is 0 Å². The van der Waals surface area contributed by atoms with E-state index in [1.165, 1.54) is 12.3 Å². The van der Waals surface area contributed by atoms with Crippen molar-refractivity contribution >= 4 is 17.4 Å². The largest absolute Gasteiger partial charge is 0.446 e. The molecule has 0 radical (unpaired) electrons. The second-order valence-corrected chi connectivity index (χ2v) is 3.14. The van der Waals surface area contributed by atoms with Gasteiger partial charge in [-0.2, -0.15) is 13.2 Å². The SMILES string of the molecule is Nc1cncc(SC(F)(F)F)c1. The van der Waals surface area contributed by atoms with Gasteiger partial charge in [0.2, 0.25) is 0 Å². The molecule has 66 valence electrons. The van der Waals surface area contributed by atoms with Crippen molar-refractivity contribution in [2.75, 3.05) is 5.73 Å². The smallest absolute Gasteiger partial charge is 0.397 e. The van der Waals surface area contributed by atoms with E-state index in [0.717, 1.165) is 6.20 Å². The first-order valence-corrected chi connectivity index (χ1v) is 3.75. The first-order valence-electron chi connectivity index (χ1n) is 2.93. The summed E-state index contributed by atoms with van der Waals surface area (Å²) in [6, 6.07) is 1.23. The number of hydrogen-bond donors (Lipinski definition) is 1. The Hall–Kier alpha value is -0.910. The second-order valence-electron chi connectivity index (χ2n) is 2.00. The molecule has 1 aromatic heterocycles. The van der Waals surface area contributed by atoms with Crippen LogP contribution in [0.15, 0.2) is 23.4 Å². The number of nitrogens with zero attached hydrogens (tertiary/aromatic N) is 1. The van der Waals surface area contributed by atoms with Gasteiger partial charge < -0.3 is 5.73 Å². The van der Waals surface area contributed by atoms with Gasteiger partial charge in [0.15, 0.2) is 0 Å². The molecule has 0 amide bonds. The van der Waals surface area contributed by atoms with Crippen molar-refractivity contribution < 1.29 is 13.2 Å². The van der Waals surface area contributed by atoms with E-state index < -0.39 is 5.51 Å². The highest BCUT2D eigenvalue weighted by atomic mass is 32.2. The molecule has 0 aliphatic heterocycles. The molecule has 2 nitrogen and oxygen atoms in total. The van der Waals surface area contributed by atoms with E-state index in [-0.39, 0.29) is 22.3 Å². The zero-order chi connectivity index (χ0) is 9.19. The predicted molar refractivity (Wildman–Crippen MR) is 40.6 cm³/mol. The molecular weight excluding hydrogens is 189 g/mol. The fraction of sp³-hybridized carbons (Fsp3) is 0.167. The van der Waals surface area contributed by atoms with Crippen LogP contribution in [0.5, 0.6) is 0 Å². The molecular formula is C6H5F3N2S. The molecule has 2 N–H and O–H groups in total. The number of pyridine rings is 1. The lowest BCUT2D eigenvalue weighted by atomic mass is 10.4. The average Bonchev–Trinajstić information content (AvgIpc) is 1.82. The van der Waals surface area contributed by atoms with Crippen molar-refractivity contribution in [1.82, 2.24) is 4.98 Å². The molecule has 0 spiro atoms. The lowest BCUT2D eigenvalue weighted by molar-refractivity contribution is -0.0328. The molecule has 1 heterocycles. The lowest BCUT2D eigenvalue weighted by Crippen LogP contribution is -1.99. The number of anilines is 1. The summed E-state index contributed by atoms with van der Waals surface area (Å²) in [4.78, 5) is 3.52. The summed E-state index contributed by atoms with van der Waals surface area (Å²) in [7, 11) is 0. The van der Waals surface area contributed by atoms with Gasteiger partial charge in [0.1, 0.15) is 0 Å². The third kappa shape index (κ3) is 3.00. The van der Waals surface area contributed by atoms with Gasteiger partial charge in [0.25, 0.3) is 0 Å². The predicted octanol–water partition coefficient (Wildman–Crippen LogP) is 2.28. The number of alkyl halides is 3. The molecule has 1 rings (SSSR count). The summed E-state index contributed by atoms with van der Waals surface area (Å²) in [5.74, 6) is 0. The highest BCUT2D eigenvalue weighted by Crippen LogP contribution is 2.36. The van der Waals surface area contributed by atoms with Gasteiger partial charge in [-0.15, -0.1) is 0 Å². The van der Waals surface area contributed by atoms with Crippen LogP contribution in [-0.4, -0.2) is 10.5 Å². The van der Waals surface area contributed by atoms with Gasteiger partial charge >= 0.3 is 5.51 Å². The number of thioether (sulfide) groups is 1. The van der Waals surface area contributed by atoms with Crippen LogP contribution in [0, 0.1) is 0 Å². The summed E-state index contributed by atoms with van der Waals surface area (Å²) in [6.45, 7) is 0. The van der Waals surface area contributed by atoms with E-state index in [1.54, 1.807) is 0 Å². The van der Waals surface area contributed by atoms with Crippen LogP contribution in [0.4, 0.5) is 18.9 Å². The van der Waals surface area contributed by atoms with Gasteiger partial charge in [-0.3, -0.25) is 4.98 Å². The van der Waals surface area contributed by atoms with Crippen LogP contribution in [-0.2, 0) is 0 Å². The fourth-order valence-electron chi connectivity index (χ4n) is 0.625. The lowest BCUT2D eigenvalue weighted by Gasteiger charge is -2.04. The van der Waals surface area contributed by atoms with E-state index in [2.05, 4.69) is 4.98 Å². The number of rotatable bonds is 1. The van der Waals surface area contributed by atoms with Crippen molar-refractivity contribution in [2.45, 2.75) is 10.4 Å². The van der Waals surface area contributed by atoms with Crippen LogP contribution in [0.25, 0.3) is 0 Å². The highest BCUT2D eigenvalue weighted by Gasteiger charge is 2.29. The first-order chi connectivity index (χ1) is 5.47. The first kappa shape index (κ1) is 9.18. The molecule has 0 aliphatic carbocycles. The van der Waals surface area contributed by atoms with Crippen molar-refractivity contribution in [2.24, 2.45) is 0 Å². The quantitative estimate of drug-likeness (QED) is 0.697. The van der Waals surface area contributed by atoms with Gasteiger partial charge in [0, 0.05) is 17.3 Å². The number of nitrogens with two attached hydrogens (primary N) is 1. The minimum absolute atomic E-state index is 0.00231. The Balaban J connectivity index is 2.77. The van der Waals surface area contributed by atoms with E-state index in [1.807, 2.05) is 0 Å². The maximum absolute atomic E-state index is 11.8. The van der Waals surface area contributed by atoms with Gasteiger partial charge in [-0.1, -0.05) is 0 Å². The third-order valence-corrected chi connectivity index (χ3v) is 1.66. The Morgan fingerprint density at radius 2 is 2.00 bits per heavy atom. The molecule has 0 atom stereocenters. The van der Waals surface area contributed by atoms with E-state index in [0.29, 0.717) is 0 Å². The molecule has 0 aromatic carbocycles. The van der Waals surface area contributed by atoms with E-state index in [4.69, 9.17) is 5.73 Å². The summed E-state index contributed by atoms with van der Waals surface area (Å²) in [5.41, 5.74) is 1.18. The highest BCUT2D eigenvalue weighted by molar-refractivity contribution is 8.00. The monoisotopic (exact) mass is 194 g/mol. The number of halogens is 3. The van der Waals surface area contributed by atoms with Crippen LogP contribution in [0.3, 0.4) is 0 Å². The van der Waals surface area contributed by atoms with Crippen LogP contribution >= 0.6 is 11.8 Å². The second kappa shape index (κ2) is 3.22. The normalized spacial score (nSPS) is 11.6. The minimum atomic E-state index is -4.28. The van der Waals surface area contributed by atoms with E-state index >= 15 is 0 Å². The molecule has 0 aliphatic rings. The standard InChI is InChI=1S/C6H5F3N2S/c7-6(8,9)12-5-1-4(10)2-11-3-5/h1-3H,10H2. The van der Waals surface area contributed by atoms with Crippen LogP contribution in [0.1, 0.15) is 0 Å². The molecule has 1 aromatic rings. The van der Waals surface area contributed by atoms with Crippen LogP contribution < -0.4 is 5.73 Å². The Morgan fingerprint density at radius 3 is 2.50 bits per heavy atom. The Morgan fingerprint density at radius 1 is 1.33 bits per heavy atom. The Bertz CT molecular complexity index is 274. The van der Waals surface area contributed by atoms with Gasteiger partial charge in [-0.25, -0.2) is 0 Å². The summed E-state index contributed by atoms with van der Waals surface area (Å²) >= 11 is -0.228. The van der Waals surface area contributed by atoms with Gasteiger partial charge in [0.05, 0.1) is 5.69 Å². The molecule has 6 heteroatoms. The fourth-order valence-corrected chi connectivity index (χ4v) is 1.20. The summed E-state index contributed by atoms with van der Waals surface area (Å²) in [5, 5.41) is 0. The maximum atomic E-state index is 11.8. The number of hydrogen-bond acceptors (Lipinski definition) is 3. The topological polar surface area (TPSA) is 38.9 Å². The zero-order valence-corrected chi connectivity index (χ0v) is 6.62.